The minimum Gasteiger partial charge on any atom is -0.472 e. The molecule has 0 saturated heterocycles. The molecule has 0 fully saturated rings. The summed E-state index contributed by atoms with van der Waals surface area (Å²) < 4.78 is 14.9. The number of methoxy groups -OCH3 is 2. The molecule has 0 saturated carbocycles. The molecule has 74 valence electrons. The molecule has 4 heteroatoms. The van der Waals surface area contributed by atoms with Crippen LogP contribution in [-0.4, -0.2) is 27.1 Å². The lowest BCUT2D eigenvalue weighted by Crippen LogP contribution is -2.29. The first-order valence-electron chi connectivity index (χ1n) is 4.14. The molecule has 1 rings (SSSR count). The molecule has 1 N–H and O–H groups in total. The smallest absolute Gasteiger partial charge is 0.169 e. The van der Waals surface area contributed by atoms with Gasteiger partial charge in [0.15, 0.2) is 6.29 Å². The van der Waals surface area contributed by atoms with Crippen LogP contribution in [0.25, 0.3) is 0 Å². The zero-order valence-electron chi connectivity index (χ0n) is 7.95. The average Bonchev–Trinajstić information content (AvgIpc) is 2.65. The highest BCUT2D eigenvalue weighted by atomic mass is 16.7. The van der Waals surface area contributed by atoms with Crippen LogP contribution < -0.4 is 5.32 Å². The minimum absolute atomic E-state index is 0.188. The molecule has 0 atom stereocenters. The second kappa shape index (κ2) is 5.75. The molecule has 13 heavy (non-hydrogen) atoms. The maximum absolute atomic E-state index is 5.01. The summed E-state index contributed by atoms with van der Waals surface area (Å²) in [5.41, 5.74) is 1.12. The first-order chi connectivity index (χ1) is 6.36. The summed E-state index contributed by atoms with van der Waals surface area (Å²) >= 11 is 0. The molecule has 0 unspecified atom stereocenters. The largest absolute Gasteiger partial charge is 0.472 e. The van der Waals surface area contributed by atoms with Crippen molar-refractivity contribution < 1.29 is 13.9 Å². The van der Waals surface area contributed by atoms with Crippen LogP contribution in [0.5, 0.6) is 0 Å². The predicted molar refractivity (Wildman–Crippen MR) is 48.2 cm³/mol. The summed E-state index contributed by atoms with van der Waals surface area (Å²) in [5, 5.41) is 3.18. The number of furan rings is 1. The van der Waals surface area contributed by atoms with Gasteiger partial charge in [-0.15, -0.1) is 0 Å². The van der Waals surface area contributed by atoms with Crippen LogP contribution in [0.3, 0.4) is 0 Å². The van der Waals surface area contributed by atoms with E-state index in [2.05, 4.69) is 5.32 Å². The summed E-state index contributed by atoms with van der Waals surface area (Å²) in [4.78, 5) is 0. The predicted octanol–water partition coefficient (Wildman–Crippen LogP) is 0.988. The highest BCUT2D eigenvalue weighted by Crippen LogP contribution is 1.98. The van der Waals surface area contributed by atoms with Crippen LogP contribution in [0.15, 0.2) is 23.0 Å². The lowest BCUT2D eigenvalue weighted by atomic mass is 10.3. The van der Waals surface area contributed by atoms with Gasteiger partial charge in [-0.25, -0.2) is 0 Å². The van der Waals surface area contributed by atoms with Crippen LogP contribution in [0.1, 0.15) is 5.56 Å². The summed E-state index contributed by atoms with van der Waals surface area (Å²) in [7, 11) is 3.24. The summed E-state index contributed by atoms with van der Waals surface area (Å²) in [5.74, 6) is 0. The highest BCUT2D eigenvalue weighted by Gasteiger charge is 2.03. The van der Waals surface area contributed by atoms with Gasteiger partial charge in [-0.3, -0.25) is 0 Å². The SMILES string of the molecule is COC(CNCc1ccoc1)OC. The van der Waals surface area contributed by atoms with Gasteiger partial charge in [0.05, 0.1) is 12.5 Å². The highest BCUT2D eigenvalue weighted by molar-refractivity contribution is 5.04. The molecule has 0 bridgehead atoms. The lowest BCUT2D eigenvalue weighted by Gasteiger charge is -2.13. The Morgan fingerprint density at radius 3 is 2.77 bits per heavy atom. The summed E-state index contributed by atoms with van der Waals surface area (Å²) in [6, 6.07) is 1.92. The molecule has 0 aliphatic heterocycles. The number of hydrogen-bond donors (Lipinski definition) is 1. The van der Waals surface area contributed by atoms with Gasteiger partial charge in [0.2, 0.25) is 0 Å². The van der Waals surface area contributed by atoms with Crippen LogP contribution in [0, 0.1) is 0 Å². The van der Waals surface area contributed by atoms with Gasteiger partial charge in [-0.1, -0.05) is 0 Å². The first-order valence-corrected chi connectivity index (χ1v) is 4.14. The fraction of sp³-hybridized carbons (Fsp3) is 0.556. The van der Waals surface area contributed by atoms with Gasteiger partial charge in [-0.2, -0.15) is 0 Å². The Bertz CT molecular complexity index is 207. The Balaban J connectivity index is 2.13. The van der Waals surface area contributed by atoms with Crippen molar-refractivity contribution in [1.29, 1.82) is 0 Å². The monoisotopic (exact) mass is 185 g/mol. The van der Waals surface area contributed by atoms with E-state index in [0.29, 0.717) is 6.54 Å². The van der Waals surface area contributed by atoms with E-state index in [1.807, 2.05) is 6.07 Å². The van der Waals surface area contributed by atoms with Crippen molar-refractivity contribution in [1.82, 2.24) is 5.32 Å². The molecule has 0 amide bonds. The van der Waals surface area contributed by atoms with E-state index in [4.69, 9.17) is 13.9 Å². The topological polar surface area (TPSA) is 43.6 Å². The van der Waals surface area contributed by atoms with E-state index in [1.54, 1.807) is 26.7 Å². The molecule has 0 radical (unpaired) electrons. The fourth-order valence-electron chi connectivity index (χ4n) is 0.990. The molecular formula is C9H15NO3. The first kappa shape index (κ1) is 10.2. The Hall–Kier alpha value is -0.840. The van der Waals surface area contributed by atoms with Gasteiger partial charge in [0, 0.05) is 32.9 Å². The molecule has 4 nitrogen and oxygen atoms in total. The van der Waals surface area contributed by atoms with Crippen molar-refractivity contribution in [3.63, 3.8) is 0 Å². The summed E-state index contributed by atoms with van der Waals surface area (Å²) in [6.07, 6.45) is 3.18. The van der Waals surface area contributed by atoms with Gasteiger partial charge in [0.1, 0.15) is 0 Å². The van der Waals surface area contributed by atoms with Crippen molar-refractivity contribution in [3.8, 4) is 0 Å². The Labute approximate surface area is 77.8 Å². The van der Waals surface area contributed by atoms with Crippen LogP contribution in [0.2, 0.25) is 0 Å². The van der Waals surface area contributed by atoms with Crippen molar-refractivity contribution in [2.45, 2.75) is 12.8 Å². The van der Waals surface area contributed by atoms with E-state index in [1.165, 1.54) is 0 Å². The van der Waals surface area contributed by atoms with Crippen molar-refractivity contribution >= 4 is 0 Å². The number of nitrogens with one attached hydrogen (secondary N) is 1. The van der Waals surface area contributed by atoms with E-state index in [-0.39, 0.29) is 6.29 Å². The average molecular weight is 185 g/mol. The third kappa shape index (κ3) is 3.59. The van der Waals surface area contributed by atoms with Gasteiger partial charge >= 0.3 is 0 Å². The molecule has 0 aromatic carbocycles. The van der Waals surface area contributed by atoms with E-state index in [9.17, 15) is 0 Å². The molecule has 0 aliphatic carbocycles. The van der Waals surface area contributed by atoms with Gasteiger partial charge < -0.3 is 19.2 Å². The molecular weight excluding hydrogens is 170 g/mol. The van der Waals surface area contributed by atoms with Crippen LogP contribution in [0.4, 0.5) is 0 Å². The Morgan fingerprint density at radius 1 is 1.46 bits per heavy atom. The fourth-order valence-corrected chi connectivity index (χ4v) is 0.990. The molecule has 1 heterocycles. The standard InChI is InChI=1S/C9H15NO3/c1-11-9(12-2)6-10-5-8-3-4-13-7-8/h3-4,7,9-10H,5-6H2,1-2H3. The normalized spacial score (nSPS) is 11.0. The lowest BCUT2D eigenvalue weighted by molar-refractivity contribution is -0.0989. The molecule has 0 aliphatic rings. The third-order valence-corrected chi connectivity index (χ3v) is 1.75. The van der Waals surface area contributed by atoms with Gasteiger partial charge in [-0.05, 0) is 6.07 Å². The van der Waals surface area contributed by atoms with E-state index in [0.717, 1.165) is 12.1 Å². The maximum atomic E-state index is 5.01. The summed E-state index contributed by atoms with van der Waals surface area (Å²) in [6.45, 7) is 1.43. The van der Waals surface area contributed by atoms with Crippen LogP contribution in [-0.2, 0) is 16.0 Å². The maximum Gasteiger partial charge on any atom is 0.169 e. The zero-order valence-corrected chi connectivity index (χ0v) is 7.95. The van der Waals surface area contributed by atoms with E-state index >= 15 is 0 Å². The molecule has 1 aromatic heterocycles. The third-order valence-electron chi connectivity index (χ3n) is 1.75. The quantitative estimate of drug-likeness (QED) is 0.671. The Morgan fingerprint density at radius 2 is 2.23 bits per heavy atom. The molecule has 0 spiro atoms. The van der Waals surface area contributed by atoms with Crippen molar-refractivity contribution in [2.75, 3.05) is 20.8 Å². The van der Waals surface area contributed by atoms with E-state index < -0.39 is 0 Å². The number of ether oxygens (including phenoxy) is 2. The second-order valence-corrected chi connectivity index (χ2v) is 2.66. The second-order valence-electron chi connectivity index (χ2n) is 2.66. The van der Waals surface area contributed by atoms with Gasteiger partial charge in [0.25, 0.3) is 0 Å². The van der Waals surface area contributed by atoms with Crippen LogP contribution >= 0.6 is 0 Å². The zero-order chi connectivity index (χ0) is 9.52. The number of hydrogen-bond acceptors (Lipinski definition) is 4. The van der Waals surface area contributed by atoms with Crippen molar-refractivity contribution in [2.24, 2.45) is 0 Å². The number of rotatable bonds is 6. The van der Waals surface area contributed by atoms with Crippen molar-refractivity contribution in [3.05, 3.63) is 24.2 Å². The Kier molecular flexibility index (Phi) is 4.53. The minimum atomic E-state index is -0.188. The molecule has 1 aromatic rings.